The summed E-state index contributed by atoms with van der Waals surface area (Å²) in [6.07, 6.45) is 0.857. The second-order valence-electron chi connectivity index (χ2n) is 7.89. The normalized spacial score (nSPS) is 10.9. The molecule has 0 saturated heterocycles. The van der Waals surface area contributed by atoms with E-state index in [1.54, 1.807) is 26.0 Å². The highest BCUT2D eigenvalue weighted by molar-refractivity contribution is 5.98. The van der Waals surface area contributed by atoms with Crippen LogP contribution in [0.1, 0.15) is 39.3 Å². The van der Waals surface area contributed by atoms with Crippen LogP contribution in [-0.2, 0) is 11.3 Å². The predicted molar refractivity (Wildman–Crippen MR) is 127 cm³/mol. The summed E-state index contributed by atoms with van der Waals surface area (Å²) in [6.45, 7) is 3.34. The summed E-state index contributed by atoms with van der Waals surface area (Å²) in [5.41, 5.74) is 1.26. The highest BCUT2D eigenvalue weighted by Crippen LogP contribution is 2.35. The van der Waals surface area contributed by atoms with Crippen LogP contribution in [0.15, 0.2) is 66.0 Å². The Morgan fingerprint density at radius 3 is 2.47 bits per heavy atom. The number of carbonyl (C=O) groups excluding carboxylic acids is 1. The summed E-state index contributed by atoms with van der Waals surface area (Å²) in [7, 11) is 1.36. The summed E-state index contributed by atoms with van der Waals surface area (Å²) in [5, 5.41) is 0. The maximum absolute atomic E-state index is 13.5. The number of rotatable bonds is 7. The fourth-order valence-electron chi connectivity index (χ4n) is 3.51. The third kappa shape index (κ3) is 4.97. The van der Waals surface area contributed by atoms with E-state index in [9.17, 15) is 18.4 Å². The van der Waals surface area contributed by atoms with E-state index in [2.05, 4.69) is 15.0 Å². The standard InChI is InChI=1S/C26H22F2N4O4/c1-15-16(2)31-14-32(25(15)33)23-10-18(19-9-21(24(27)28)29-12-22(19)35-3)20(11-30-23)26(34)36-13-17-7-5-4-6-8-17/h4-12,14,24H,13H2,1-3H3. The minimum Gasteiger partial charge on any atom is -0.494 e. The van der Waals surface area contributed by atoms with Gasteiger partial charge in [0.25, 0.3) is 12.0 Å². The van der Waals surface area contributed by atoms with E-state index in [0.29, 0.717) is 11.3 Å². The minimum absolute atomic E-state index is 0.00281. The first kappa shape index (κ1) is 24.6. The number of pyridine rings is 2. The van der Waals surface area contributed by atoms with E-state index < -0.39 is 18.1 Å². The molecule has 0 aliphatic carbocycles. The van der Waals surface area contributed by atoms with Crippen LogP contribution < -0.4 is 10.3 Å². The number of hydrogen-bond acceptors (Lipinski definition) is 7. The Morgan fingerprint density at radius 1 is 1.03 bits per heavy atom. The van der Waals surface area contributed by atoms with Gasteiger partial charge in [-0.1, -0.05) is 30.3 Å². The molecule has 0 bridgehead atoms. The summed E-state index contributed by atoms with van der Waals surface area (Å²) >= 11 is 0. The highest BCUT2D eigenvalue weighted by Gasteiger charge is 2.22. The molecule has 3 heterocycles. The zero-order chi connectivity index (χ0) is 25.8. The van der Waals surface area contributed by atoms with Crippen molar-refractivity contribution in [1.82, 2.24) is 19.5 Å². The largest absolute Gasteiger partial charge is 0.494 e. The molecule has 4 aromatic rings. The maximum atomic E-state index is 13.5. The van der Waals surface area contributed by atoms with Gasteiger partial charge >= 0.3 is 5.97 Å². The summed E-state index contributed by atoms with van der Waals surface area (Å²) in [6, 6.07) is 11.6. The Kier molecular flexibility index (Phi) is 7.14. The molecule has 0 atom stereocenters. The van der Waals surface area contributed by atoms with Crippen molar-refractivity contribution in [2.24, 2.45) is 0 Å². The molecule has 0 aliphatic rings. The minimum atomic E-state index is -2.85. The lowest BCUT2D eigenvalue weighted by Crippen LogP contribution is -2.23. The van der Waals surface area contributed by atoms with E-state index in [1.165, 1.54) is 30.3 Å². The van der Waals surface area contributed by atoms with Gasteiger partial charge in [0, 0.05) is 28.6 Å². The van der Waals surface area contributed by atoms with Crippen LogP contribution in [-0.4, -0.2) is 32.6 Å². The molecule has 184 valence electrons. The first-order valence-electron chi connectivity index (χ1n) is 10.9. The zero-order valence-corrected chi connectivity index (χ0v) is 19.7. The Bertz CT molecular complexity index is 1470. The average Bonchev–Trinajstić information content (AvgIpc) is 2.90. The molecule has 0 radical (unpaired) electrons. The smallest absolute Gasteiger partial charge is 0.340 e. The number of carbonyl (C=O) groups is 1. The number of hydrogen-bond donors (Lipinski definition) is 0. The van der Waals surface area contributed by atoms with Crippen molar-refractivity contribution in [3.63, 3.8) is 0 Å². The van der Waals surface area contributed by atoms with E-state index in [1.807, 2.05) is 18.2 Å². The van der Waals surface area contributed by atoms with Crippen molar-refractivity contribution in [1.29, 1.82) is 0 Å². The van der Waals surface area contributed by atoms with E-state index in [-0.39, 0.29) is 40.4 Å². The summed E-state index contributed by atoms with van der Waals surface area (Å²) in [4.78, 5) is 38.1. The molecule has 0 unspecified atom stereocenters. The molecular formula is C26H22F2N4O4. The number of aromatic nitrogens is 4. The number of halogens is 2. The number of esters is 1. The van der Waals surface area contributed by atoms with Gasteiger partial charge in [0.15, 0.2) is 0 Å². The van der Waals surface area contributed by atoms with Gasteiger partial charge in [0.05, 0.1) is 18.9 Å². The van der Waals surface area contributed by atoms with Crippen molar-refractivity contribution in [2.45, 2.75) is 26.9 Å². The molecule has 0 N–H and O–H groups in total. The molecule has 4 rings (SSSR count). The molecule has 0 amide bonds. The fraction of sp³-hybridized carbons (Fsp3) is 0.192. The Labute approximate surface area is 205 Å². The Hall–Kier alpha value is -4.47. The van der Waals surface area contributed by atoms with Gasteiger partial charge in [0.2, 0.25) is 0 Å². The summed E-state index contributed by atoms with van der Waals surface area (Å²) < 4.78 is 39.0. The number of ether oxygens (including phenoxy) is 2. The lowest BCUT2D eigenvalue weighted by molar-refractivity contribution is 0.0473. The van der Waals surface area contributed by atoms with Gasteiger partial charge in [-0.05, 0) is 31.5 Å². The van der Waals surface area contributed by atoms with Gasteiger partial charge in [-0.3, -0.25) is 14.3 Å². The molecule has 10 heteroatoms. The van der Waals surface area contributed by atoms with Gasteiger partial charge in [-0.25, -0.2) is 23.5 Å². The first-order valence-corrected chi connectivity index (χ1v) is 10.9. The number of methoxy groups -OCH3 is 1. The van der Waals surface area contributed by atoms with Crippen LogP contribution in [0, 0.1) is 13.8 Å². The van der Waals surface area contributed by atoms with Crippen molar-refractivity contribution in [3.8, 4) is 22.7 Å². The first-order chi connectivity index (χ1) is 17.3. The van der Waals surface area contributed by atoms with Gasteiger partial charge in [-0.2, -0.15) is 0 Å². The molecule has 1 aromatic carbocycles. The monoisotopic (exact) mass is 492 g/mol. The van der Waals surface area contributed by atoms with Crippen molar-refractivity contribution >= 4 is 5.97 Å². The molecule has 0 fully saturated rings. The molecular weight excluding hydrogens is 470 g/mol. The van der Waals surface area contributed by atoms with Gasteiger partial charge in [-0.15, -0.1) is 0 Å². The van der Waals surface area contributed by atoms with E-state index >= 15 is 0 Å². The third-order valence-corrected chi connectivity index (χ3v) is 5.64. The molecule has 0 spiro atoms. The molecule has 8 nitrogen and oxygen atoms in total. The van der Waals surface area contributed by atoms with Gasteiger partial charge in [0.1, 0.15) is 30.2 Å². The predicted octanol–water partition coefficient (Wildman–Crippen LogP) is 4.61. The van der Waals surface area contributed by atoms with Crippen molar-refractivity contribution < 1.29 is 23.0 Å². The average molecular weight is 492 g/mol. The van der Waals surface area contributed by atoms with E-state index in [4.69, 9.17) is 9.47 Å². The molecule has 0 saturated carbocycles. The van der Waals surface area contributed by atoms with Crippen molar-refractivity contribution in [2.75, 3.05) is 7.11 Å². The summed E-state index contributed by atoms with van der Waals surface area (Å²) in [5.74, 6) is -0.433. The maximum Gasteiger partial charge on any atom is 0.340 e. The zero-order valence-electron chi connectivity index (χ0n) is 19.7. The number of benzene rings is 1. The Morgan fingerprint density at radius 2 is 1.78 bits per heavy atom. The fourth-order valence-corrected chi connectivity index (χ4v) is 3.51. The van der Waals surface area contributed by atoms with E-state index in [0.717, 1.165) is 17.8 Å². The highest BCUT2D eigenvalue weighted by atomic mass is 19.3. The second kappa shape index (κ2) is 10.4. The topological polar surface area (TPSA) is 96.2 Å². The third-order valence-electron chi connectivity index (χ3n) is 5.64. The van der Waals surface area contributed by atoms with Crippen LogP contribution in [0.5, 0.6) is 5.75 Å². The van der Waals surface area contributed by atoms with Crippen LogP contribution in [0.4, 0.5) is 8.78 Å². The quantitative estimate of drug-likeness (QED) is 0.348. The van der Waals surface area contributed by atoms with Crippen LogP contribution >= 0.6 is 0 Å². The van der Waals surface area contributed by atoms with Crippen LogP contribution in [0.3, 0.4) is 0 Å². The second-order valence-corrected chi connectivity index (χ2v) is 7.89. The van der Waals surface area contributed by atoms with Crippen molar-refractivity contribution in [3.05, 3.63) is 99.6 Å². The lowest BCUT2D eigenvalue weighted by Gasteiger charge is -2.15. The SMILES string of the molecule is COc1cnc(C(F)F)cc1-c1cc(-n2cnc(C)c(C)c2=O)ncc1C(=O)OCc1ccccc1. The molecule has 3 aromatic heterocycles. The lowest BCUT2D eigenvalue weighted by atomic mass is 10.0. The van der Waals surface area contributed by atoms with Gasteiger partial charge < -0.3 is 9.47 Å². The van der Waals surface area contributed by atoms with Crippen LogP contribution in [0.25, 0.3) is 16.9 Å². The number of alkyl halides is 2. The Balaban J connectivity index is 1.86. The molecule has 0 aliphatic heterocycles. The number of aryl methyl sites for hydroxylation is 1. The number of nitrogens with zero attached hydrogens (tertiary/aromatic N) is 4. The van der Waals surface area contributed by atoms with Crippen LogP contribution in [0.2, 0.25) is 0 Å². The molecule has 36 heavy (non-hydrogen) atoms.